The third-order valence-corrected chi connectivity index (χ3v) is 0. The molecule has 0 aliphatic carbocycles. The van der Waals surface area contributed by atoms with E-state index in [2.05, 4.69) is 0 Å². The van der Waals surface area contributed by atoms with E-state index in [4.69, 9.17) is 0 Å². The Hall–Kier alpha value is 1.000. The fourth-order valence-corrected chi connectivity index (χ4v) is 0. The maximum absolute atomic E-state index is 2.00. The van der Waals surface area contributed by atoms with Crippen molar-refractivity contribution in [2.45, 2.75) is 0 Å². The average Bonchev–Trinajstić information content (AvgIpc) is 0.811. The first-order chi connectivity index (χ1) is 1.73. The van der Waals surface area contributed by atoms with Crippen molar-refractivity contribution >= 4 is 37.5 Å². The number of hydrogen-bond acceptors (Lipinski definition) is 1. The smallest absolute Gasteiger partial charge is 0.0140 e. The molecule has 0 unspecified atom stereocenters. The van der Waals surface area contributed by atoms with Gasteiger partial charge in [0.1, 0.15) is 0 Å². The first-order valence-electron chi connectivity index (χ1n) is 1.34. The molecule has 0 spiro atoms. The number of rotatable bonds is 0. The minimum absolute atomic E-state index is 0. The summed E-state index contributed by atoms with van der Waals surface area (Å²) < 4.78 is 0. The average molecular weight is 239 g/mol. The Labute approximate surface area is 69.0 Å². The molecule has 0 aliphatic rings. The molecule has 0 bridgehead atoms. The summed E-state index contributed by atoms with van der Waals surface area (Å²) in [6.45, 7) is 0. The molecule has 0 fully saturated rings. The third kappa shape index (κ3) is 175. The summed E-state index contributed by atoms with van der Waals surface area (Å²) in [5.41, 5.74) is 0. The lowest BCUT2D eigenvalue weighted by molar-refractivity contribution is 0.505. The zero-order chi connectivity index (χ0) is 3.58. The van der Waals surface area contributed by atoms with E-state index in [1.165, 1.54) is 0 Å². The molecule has 0 aromatic carbocycles. The summed E-state index contributed by atoms with van der Waals surface area (Å²) in [5.74, 6) is 0. The molecule has 0 saturated heterocycles. The van der Waals surface area contributed by atoms with Crippen molar-refractivity contribution in [1.82, 2.24) is 4.90 Å². The van der Waals surface area contributed by atoms with Gasteiger partial charge in [-0.15, -0.1) is 24.0 Å². The van der Waals surface area contributed by atoms with Crippen LogP contribution in [-0.4, -0.2) is 31.5 Å². The van der Waals surface area contributed by atoms with Crippen molar-refractivity contribution in [1.29, 1.82) is 0 Å². The van der Waals surface area contributed by atoms with Gasteiger partial charge in [0.2, 0.25) is 0 Å². The molecule has 7 heavy (non-hydrogen) atoms. The molecule has 0 aliphatic heterocycles. The van der Waals surface area contributed by atoms with Crippen LogP contribution in [0, 0.1) is 0 Å². The Morgan fingerprint density at radius 2 is 1.00 bits per heavy atom. The monoisotopic (exact) mass is 239 g/mol. The maximum Gasteiger partial charge on any atom is -0.0140 e. The van der Waals surface area contributed by atoms with Gasteiger partial charge in [0.05, 0.1) is 0 Å². The second kappa shape index (κ2) is 15.8. The van der Waals surface area contributed by atoms with Crippen LogP contribution >= 0.6 is 37.5 Å². The molecule has 2 nitrogen and oxygen atoms in total. The van der Waals surface area contributed by atoms with Gasteiger partial charge in [0.15, 0.2) is 0 Å². The first kappa shape index (κ1) is 24.5. The van der Waals surface area contributed by atoms with Gasteiger partial charge in [-0.05, 0) is 21.1 Å². The molecule has 0 amide bonds. The lowest BCUT2D eigenvalue weighted by atomic mass is 11.0. The fourth-order valence-electron chi connectivity index (χ4n) is 0. The van der Waals surface area contributed by atoms with E-state index < -0.39 is 0 Å². The van der Waals surface area contributed by atoms with Crippen molar-refractivity contribution in [3.63, 3.8) is 0 Å². The van der Waals surface area contributed by atoms with Crippen molar-refractivity contribution in [3.8, 4) is 0 Å². The minimum Gasteiger partial charge on any atom is -0.412 e. The molecule has 2 N–H and O–H groups in total. The van der Waals surface area contributed by atoms with Crippen LogP contribution in [0.15, 0.2) is 0 Å². The summed E-state index contributed by atoms with van der Waals surface area (Å²) in [7, 11) is 6.00. The van der Waals surface area contributed by atoms with E-state index in [1.54, 1.807) is 0 Å². The fraction of sp³-hybridized carbons (Fsp3) is 1.00. The van der Waals surface area contributed by atoms with Gasteiger partial charge in [-0.3, -0.25) is 0 Å². The van der Waals surface area contributed by atoms with Crippen LogP contribution in [-0.2, 0) is 0 Å². The predicted octanol–water partition coefficient (Wildman–Crippen LogP) is 0.0839. The molecule has 50 valence electrons. The molecule has 4 heteroatoms. The lowest BCUT2D eigenvalue weighted by Crippen LogP contribution is -1.99. The third-order valence-electron chi connectivity index (χ3n) is 0. The van der Waals surface area contributed by atoms with E-state index in [-0.39, 0.29) is 42.9 Å². The summed E-state index contributed by atoms with van der Waals surface area (Å²) in [6, 6.07) is 0. The van der Waals surface area contributed by atoms with Crippen LogP contribution in [0.2, 0.25) is 0 Å². The van der Waals surface area contributed by atoms with Crippen molar-refractivity contribution in [3.05, 3.63) is 0 Å². The summed E-state index contributed by atoms with van der Waals surface area (Å²) in [5, 5.41) is 0. The van der Waals surface area contributed by atoms with Gasteiger partial charge < -0.3 is 10.4 Å². The number of halogens is 1. The van der Waals surface area contributed by atoms with E-state index in [0.717, 1.165) is 0 Å². The van der Waals surface area contributed by atoms with Gasteiger partial charge >= 0.3 is 0 Å². The van der Waals surface area contributed by atoms with Crippen LogP contribution in [0.4, 0.5) is 0 Å². The highest BCUT2D eigenvalue weighted by Gasteiger charge is 1.58. The first-order valence-corrected chi connectivity index (χ1v) is 1.34. The van der Waals surface area contributed by atoms with Crippen LogP contribution in [0.5, 0.6) is 0 Å². The van der Waals surface area contributed by atoms with Gasteiger partial charge in [-0.25, -0.2) is 0 Å². The van der Waals surface area contributed by atoms with Crippen molar-refractivity contribution < 1.29 is 5.48 Å². The summed E-state index contributed by atoms with van der Waals surface area (Å²) in [6.07, 6.45) is 0. The topological polar surface area (TPSA) is 34.7 Å². The Morgan fingerprint density at radius 1 is 1.00 bits per heavy atom. The van der Waals surface area contributed by atoms with Crippen molar-refractivity contribution in [2.24, 2.45) is 0 Å². The summed E-state index contributed by atoms with van der Waals surface area (Å²) in [4.78, 5) is 2.00. The van der Waals surface area contributed by atoms with E-state index >= 15 is 0 Å². The highest BCUT2D eigenvalue weighted by molar-refractivity contribution is 14.0. The van der Waals surface area contributed by atoms with Crippen molar-refractivity contribution in [2.75, 3.05) is 21.1 Å². The zero-order valence-electron chi connectivity index (χ0n) is 4.86. The van der Waals surface area contributed by atoms with E-state index in [1.807, 2.05) is 26.0 Å². The molecule has 0 saturated carbocycles. The van der Waals surface area contributed by atoms with Crippen LogP contribution < -0.4 is 0 Å². The predicted molar refractivity (Wildman–Crippen MR) is 49.0 cm³/mol. The SMILES string of the molecule is CN(C)C.I.O.S. The highest BCUT2D eigenvalue weighted by atomic mass is 127. The van der Waals surface area contributed by atoms with E-state index in [0.29, 0.717) is 0 Å². The van der Waals surface area contributed by atoms with Crippen LogP contribution in [0.1, 0.15) is 0 Å². The molecule has 0 aromatic rings. The Bertz CT molecular complexity index is 19.7. The Morgan fingerprint density at radius 3 is 1.00 bits per heavy atom. The standard InChI is InChI=1S/C3H9N.HI.H2O.H2S/c1-4(2)3;;;/h1-3H3;1H;2*1H2. The maximum atomic E-state index is 2.00. The molecule has 0 radical (unpaired) electrons. The largest absolute Gasteiger partial charge is 0.412 e. The quantitative estimate of drug-likeness (QED) is 0.551. The molecular formula is C3H14INOS. The number of hydrogen-bond donors (Lipinski definition) is 0. The van der Waals surface area contributed by atoms with Gasteiger partial charge in [0.25, 0.3) is 0 Å². The Kier molecular flexibility index (Phi) is 55.1. The molecule has 0 heterocycles. The molecule has 0 aromatic heterocycles. The minimum atomic E-state index is 0. The van der Waals surface area contributed by atoms with Gasteiger partial charge in [-0.2, -0.15) is 13.5 Å². The molecule has 0 rings (SSSR count). The second-order valence-corrected chi connectivity index (χ2v) is 1.34. The molecular weight excluding hydrogens is 225 g/mol. The molecule has 0 atom stereocenters. The van der Waals surface area contributed by atoms with Gasteiger partial charge in [-0.1, -0.05) is 0 Å². The normalized spacial score (nSPS) is 5.14. The van der Waals surface area contributed by atoms with Crippen LogP contribution in [0.3, 0.4) is 0 Å². The Balaban J connectivity index is -0.0000000150. The lowest BCUT2D eigenvalue weighted by Gasteiger charge is -1.90. The highest BCUT2D eigenvalue weighted by Crippen LogP contribution is 1.47. The van der Waals surface area contributed by atoms with Gasteiger partial charge in [0, 0.05) is 0 Å². The van der Waals surface area contributed by atoms with Crippen LogP contribution in [0.25, 0.3) is 0 Å². The number of nitrogens with zero attached hydrogens (tertiary/aromatic N) is 1. The summed E-state index contributed by atoms with van der Waals surface area (Å²) >= 11 is 0. The van der Waals surface area contributed by atoms with E-state index in [9.17, 15) is 0 Å². The second-order valence-electron chi connectivity index (χ2n) is 1.34. The zero-order valence-corrected chi connectivity index (χ0v) is 8.19.